The third-order valence-electron chi connectivity index (χ3n) is 3.02. The fraction of sp³-hybridized carbons (Fsp3) is 0.462. The first-order valence-electron chi connectivity index (χ1n) is 6.36. The van der Waals surface area contributed by atoms with Gasteiger partial charge in [0.25, 0.3) is 0 Å². The summed E-state index contributed by atoms with van der Waals surface area (Å²) >= 11 is 0. The van der Waals surface area contributed by atoms with Crippen molar-refractivity contribution in [3.05, 3.63) is 23.7 Å². The number of anilines is 1. The number of aromatic nitrogens is 2. The van der Waals surface area contributed by atoms with Gasteiger partial charge in [-0.2, -0.15) is 0 Å². The number of aliphatic carboxylic acids is 1. The van der Waals surface area contributed by atoms with E-state index >= 15 is 0 Å². The number of nitrogens with zero attached hydrogens (tertiary/aromatic N) is 2. The van der Waals surface area contributed by atoms with Gasteiger partial charge in [0, 0.05) is 18.2 Å². The van der Waals surface area contributed by atoms with Gasteiger partial charge in [-0.05, 0) is 32.4 Å². The minimum Gasteiger partial charge on any atom is -0.478 e. The van der Waals surface area contributed by atoms with Gasteiger partial charge < -0.3 is 15.7 Å². The Kier molecular flexibility index (Phi) is 8.92. The maximum absolute atomic E-state index is 10.7. The summed E-state index contributed by atoms with van der Waals surface area (Å²) in [5.41, 5.74) is 0.790. The quantitative estimate of drug-likeness (QED) is 0.730. The molecule has 0 aliphatic carbocycles. The van der Waals surface area contributed by atoms with E-state index in [-0.39, 0.29) is 30.4 Å². The highest BCUT2D eigenvalue weighted by Gasteiger charge is 2.12. The Labute approximate surface area is 136 Å². The maximum atomic E-state index is 10.7. The molecule has 2 heterocycles. The summed E-state index contributed by atoms with van der Waals surface area (Å²) in [5.74, 6) is -0.226. The molecule has 1 aromatic heterocycles. The van der Waals surface area contributed by atoms with Gasteiger partial charge >= 0.3 is 5.97 Å². The molecule has 1 saturated heterocycles. The highest BCUT2D eigenvalue weighted by Crippen LogP contribution is 2.10. The lowest BCUT2D eigenvalue weighted by molar-refractivity contribution is -0.132. The van der Waals surface area contributed by atoms with Gasteiger partial charge in [-0.1, -0.05) is 0 Å². The number of piperidine rings is 1. The van der Waals surface area contributed by atoms with E-state index in [1.165, 1.54) is 13.0 Å². The number of carbonyl (C=O) groups is 1. The molecular weight excluding hydrogens is 315 g/mol. The number of carboxylic acids is 1. The Morgan fingerprint density at radius 2 is 2.19 bits per heavy atom. The summed E-state index contributed by atoms with van der Waals surface area (Å²) in [4.78, 5) is 19.1. The lowest BCUT2D eigenvalue weighted by Crippen LogP contribution is -2.38. The summed E-state index contributed by atoms with van der Waals surface area (Å²) in [6.07, 6.45) is 6.99. The van der Waals surface area contributed by atoms with Crippen LogP contribution in [0.4, 0.5) is 5.82 Å². The second-order valence-corrected chi connectivity index (χ2v) is 4.65. The zero-order valence-corrected chi connectivity index (χ0v) is 13.3. The number of rotatable bonds is 4. The van der Waals surface area contributed by atoms with Crippen molar-refractivity contribution in [3.63, 3.8) is 0 Å². The predicted molar refractivity (Wildman–Crippen MR) is 87.3 cm³/mol. The van der Waals surface area contributed by atoms with Crippen LogP contribution in [0.5, 0.6) is 0 Å². The smallest absolute Gasteiger partial charge is 0.331 e. The third-order valence-corrected chi connectivity index (χ3v) is 3.02. The minimum absolute atomic E-state index is 0. The summed E-state index contributed by atoms with van der Waals surface area (Å²) in [6, 6.07) is 0.380. The topological polar surface area (TPSA) is 87.1 Å². The van der Waals surface area contributed by atoms with Crippen LogP contribution in [0.1, 0.15) is 25.5 Å². The summed E-state index contributed by atoms with van der Waals surface area (Å²) in [7, 11) is 0. The van der Waals surface area contributed by atoms with Crippen molar-refractivity contribution in [1.82, 2.24) is 15.3 Å². The molecule has 0 aromatic carbocycles. The zero-order chi connectivity index (χ0) is 13.7. The van der Waals surface area contributed by atoms with E-state index in [0.717, 1.165) is 31.7 Å². The monoisotopic (exact) mass is 334 g/mol. The fourth-order valence-corrected chi connectivity index (χ4v) is 1.95. The van der Waals surface area contributed by atoms with E-state index in [1.54, 1.807) is 12.4 Å². The molecule has 8 heteroatoms. The van der Waals surface area contributed by atoms with Crippen LogP contribution in [0, 0.1) is 0 Å². The standard InChI is InChI=1S/C13H18N4O2.2ClH/c1-9(13(18)19)5-11-7-16-12(8-15-11)17-10-3-2-4-14-6-10;;/h5,7-8,10,14H,2-4,6H2,1H3,(H,16,17)(H,18,19);2*1H/t10-;;/m1../s1. The SMILES string of the molecule is CC(=Cc1cnc(N[C@@H]2CCCNC2)cn1)C(=O)O.Cl.Cl. The molecule has 1 aliphatic rings. The van der Waals surface area contributed by atoms with E-state index in [0.29, 0.717) is 11.7 Å². The van der Waals surface area contributed by atoms with Crippen LogP contribution in [-0.4, -0.2) is 40.2 Å². The van der Waals surface area contributed by atoms with Gasteiger partial charge in [-0.3, -0.25) is 4.98 Å². The molecule has 0 unspecified atom stereocenters. The first-order valence-corrected chi connectivity index (χ1v) is 6.36. The van der Waals surface area contributed by atoms with E-state index in [2.05, 4.69) is 20.6 Å². The number of nitrogens with one attached hydrogen (secondary N) is 2. The van der Waals surface area contributed by atoms with Crippen molar-refractivity contribution in [2.24, 2.45) is 0 Å². The number of hydrogen-bond donors (Lipinski definition) is 3. The Morgan fingerprint density at radius 1 is 1.43 bits per heavy atom. The second kappa shape index (κ2) is 9.55. The third kappa shape index (κ3) is 6.29. The molecule has 118 valence electrons. The molecule has 0 radical (unpaired) electrons. The average molecular weight is 335 g/mol. The number of halogens is 2. The van der Waals surface area contributed by atoms with Gasteiger partial charge in [-0.15, -0.1) is 24.8 Å². The lowest BCUT2D eigenvalue weighted by Gasteiger charge is -2.24. The predicted octanol–water partition coefficient (Wildman–Crippen LogP) is 1.97. The van der Waals surface area contributed by atoms with Crippen molar-refractivity contribution in [2.45, 2.75) is 25.8 Å². The first kappa shape index (κ1) is 19.6. The second-order valence-electron chi connectivity index (χ2n) is 4.65. The zero-order valence-electron chi connectivity index (χ0n) is 11.7. The molecule has 0 amide bonds. The molecule has 0 saturated carbocycles. The van der Waals surface area contributed by atoms with E-state index in [9.17, 15) is 4.79 Å². The molecule has 1 fully saturated rings. The van der Waals surface area contributed by atoms with Gasteiger partial charge in [0.2, 0.25) is 0 Å². The van der Waals surface area contributed by atoms with Crippen LogP contribution in [0.15, 0.2) is 18.0 Å². The largest absolute Gasteiger partial charge is 0.478 e. The van der Waals surface area contributed by atoms with Crippen LogP contribution in [-0.2, 0) is 4.79 Å². The maximum Gasteiger partial charge on any atom is 0.331 e. The molecule has 1 atom stereocenters. The molecule has 6 nitrogen and oxygen atoms in total. The number of hydrogen-bond acceptors (Lipinski definition) is 5. The van der Waals surface area contributed by atoms with E-state index in [1.807, 2.05) is 0 Å². The van der Waals surface area contributed by atoms with Crippen molar-refractivity contribution >= 4 is 42.7 Å². The molecule has 21 heavy (non-hydrogen) atoms. The fourth-order valence-electron chi connectivity index (χ4n) is 1.95. The van der Waals surface area contributed by atoms with E-state index < -0.39 is 5.97 Å². The average Bonchev–Trinajstić information content (AvgIpc) is 2.42. The van der Waals surface area contributed by atoms with Crippen LogP contribution >= 0.6 is 24.8 Å². The Balaban J connectivity index is 0.00000200. The van der Waals surface area contributed by atoms with Crippen molar-refractivity contribution in [1.29, 1.82) is 0 Å². The summed E-state index contributed by atoms with van der Waals surface area (Å²) in [5, 5.41) is 15.4. The summed E-state index contributed by atoms with van der Waals surface area (Å²) in [6.45, 7) is 3.54. The van der Waals surface area contributed by atoms with Crippen molar-refractivity contribution in [3.8, 4) is 0 Å². The van der Waals surface area contributed by atoms with Crippen LogP contribution in [0.3, 0.4) is 0 Å². The lowest BCUT2D eigenvalue weighted by atomic mass is 10.1. The van der Waals surface area contributed by atoms with Crippen molar-refractivity contribution < 1.29 is 9.90 Å². The normalized spacial score (nSPS) is 18.1. The molecule has 1 aromatic rings. The molecule has 0 spiro atoms. The molecule has 3 N–H and O–H groups in total. The van der Waals surface area contributed by atoms with E-state index in [4.69, 9.17) is 5.11 Å². The minimum atomic E-state index is -0.947. The van der Waals surface area contributed by atoms with Crippen LogP contribution in [0.25, 0.3) is 6.08 Å². The van der Waals surface area contributed by atoms with Crippen molar-refractivity contribution in [2.75, 3.05) is 18.4 Å². The molecule has 2 rings (SSSR count). The van der Waals surface area contributed by atoms with Crippen LogP contribution < -0.4 is 10.6 Å². The highest BCUT2D eigenvalue weighted by molar-refractivity contribution is 5.91. The van der Waals surface area contributed by atoms with Crippen LogP contribution in [0.2, 0.25) is 0 Å². The van der Waals surface area contributed by atoms with Gasteiger partial charge in [0.15, 0.2) is 0 Å². The first-order chi connectivity index (χ1) is 9.15. The Bertz CT molecular complexity index is 474. The Hall–Kier alpha value is -1.37. The van der Waals surface area contributed by atoms with Gasteiger partial charge in [-0.25, -0.2) is 9.78 Å². The molecule has 0 bridgehead atoms. The Morgan fingerprint density at radius 3 is 2.71 bits per heavy atom. The van der Waals surface area contributed by atoms with Gasteiger partial charge in [0.05, 0.1) is 18.1 Å². The number of carboxylic acid groups (broad SMARTS) is 1. The summed E-state index contributed by atoms with van der Waals surface area (Å²) < 4.78 is 0. The molecular formula is C13H20Cl2N4O2. The molecule has 1 aliphatic heterocycles. The van der Waals surface area contributed by atoms with Gasteiger partial charge in [0.1, 0.15) is 5.82 Å². The highest BCUT2D eigenvalue weighted by atomic mass is 35.5.